The third-order valence-corrected chi connectivity index (χ3v) is 4.96. The SMILES string of the molecule is OC1CCC1Cc1cc(OCC2CC2)c(Cl)nc1Br. The number of hydrogen-bond donors (Lipinski definition) is 1. The van der Waals surface area contributed by atoms with E-state index in [1.807, 2.05) is 6.07 Å². The predicted octanol–water partition coefficient (Wildman–Crippen LogP) is 3.60. The predicted molar refractivity (Wildman–Crippen MR) is 77.6 cm³/mol. The Morgan fingerprint density at radius 1 is 1.37 bits per heavy atom. The number of nitrogens with zero attached hydrogens (tertiary/aromatic N) is 1. The van der Waals surface area contributed by atoms with Gasteiger partial charge in [-0.1, -0.05) is 11.6 Å². The number of pyridine rings is 1. The van der Waals surface area contributed by atoms with E-state index in [0.29, 0.717) is 22.7 Å². The molecule has 104 valence electrons. The van der Waals surface area contributed by atoms with E-state index in [2.05, 4.69) is 20.9 Å². The number of aliphatic hydroxyl groups excluding tert-OH is 1. The van der Waals surface area contributed by atoms with Crippen LogP contribution in [0.15, 0.2) is 10.7 Å². The lowest BCUT2D eigenvalue weighted by Gasteiger charge is -2.32. The Labute approximate surface area is 126 Å². The molecular formula is C14H17BrClNO2. The number of aromatic nitrogens is 1. The fraction of sp³-hybridized carbons (Fsp3) is 0.643. The average Bonchev–Trinajstić information content (AvgIpc) is 3.18. The zero-order chi connectivity index (χ0) is 13.4. The first-order valence-electron chi connectivity index (χ1n) is 6.79. The van der Waals surface area contributed by atoms with Crippen molar-refractivity contribution < 1.29 is 9.84 Å². The van der Waals surface area contributed by atoms with Gasteiger partial charge in [-0.3, -0.25) is 0 Å². The molecule has 2 atom stereocenters. The van der Waals surface area contributed by atoms with Gasteiger partial charge in [0.2, 0.25) is 0 Å². The van der Waals surface area contributed by atoms with Gasteiger partial charge in [-0.2, -0.15) is 0 Å². The minimum Gasteiger partial charge on any atom is -0.490 e. The Morgan fingerprint density at radius 2 is 2.16 bits per heavy atom. The van der Waals surface area contributed by atoms with Gasteiger partial charge < -0.3 is 9.84 Å². The van der Waals surface area contributed by atoms with Gasteiger partial charge in [-0.25, -0.2) is 4.98 Å². The van der Waals surface area contributed by atoms with Crippen LogP contribution in [0.4, 0.5) is 0 Å². The highest BCUT2D eigenvalue weighted by Gasteiger charge is 2.30. The van der Waals surface area contributed by atoms with E-state index < -0.39 is 0 Å². The molecule has 2 aliphatic rings. The normalized spacial score (nSPS) is 26.1. The van der Waals surface area contributed by atoms with Gasteiger partial charge in [0.15, 0.2) is 10.9 Å². The van der Waals surface area contributed by atoms with E-state index in [1.54, 1.807) is 0 Å². The summed E-state index contributed by atoms with van der Waals surface area (Å²) in [5.41, 5.74) is 1.07. The van der Waals surface area contributed by atoms with Crippen molar-refractivity contribution in [3.8, 4) is 5.75 Å². The van der Waals surface area contributed by atoms with Crippen molar-refractivity contribution in [1.82, 2.24) is 4.98 Å². The van der Waals surface area contributed by atoms with Crippen LogP contribution in [0.25, 0.3) is 0 Å². The van der Waals surface area contributed by atoms with Crippen LogP contribution in [-0.2, 0) is 6.42 Å². The van der Waals surface area contributed by atoms with Crippen LogP contribution in [0.5, 0.6) is 5.75 Å². The van der Waals surface area contributed by atoms with E-state index in [1.165, 1.54) is 12.8 Å². The molecule has 1 aromatic rings. The maximum Gasteiger partial charge on any atom is 0.172 e. The summed E-state index contributed by atoms with van der Waals surface area (Å²) in [7, 11) is 0. The standard InChI is InChI=1S/C14H17BrClNO2/c15-13-10(5-9-3-4-11(9)18)6-12(14(16)17-13)19-7-8-1-2-8/h6,8-9,11,18H,1-5,7H2. The van der Waals surface area contributed by atoms with Gasteiger partial charge in [-0.05, 0) is 71.5 Å². The highest BCUT2D eigenvalue weighted by molar-refractivity contribution is 9.10. The Balaban J connectivity index is 1.71. The third-order valence-electron chi connectivity index (χ3n) is 4.00. The first-order valence-corrected chi connectivity index (χ1v) is 7.96. The quantitative estimate of drug-likeness (QED) is 0.828. The van der Waals surface area contributed by atoms with Crippen LogP contribution in [0.1, 0.15) is 31.2 Å². The monoisotopic (exact) mass is 345 g/mol. The van der Waals surface area contributed by atoms with Gasteiger partial charge in [0.1, 0.15) is 4.60 Å². The zero-order valence-corrected chi connectivity index (χ0v) is 13.0. The molecule has 1 heterocycles. The molecule has 1 N–H and O–H groups in total. The molecule has 0 bridgehead atoms. The van der Waals surface area contributed by atoms with E-state index in [-0.39, 0.29) is 6.10 Å². The zero-order valence-electron chi connectivity index (χ0n) is 10.6. The molecule has 0 saturated heterocycles. The van der Waals surface area contributed by atoms with Crippen LogP contribution < -0.4 is 4.74 Å². The minimum absolute atomic E-state index is 0.168. The molecule has 2 saturated carbocycles. The average molecular weight is 347 g/mol. The number of rotatable bonds is 5. The molecule has 2 fully saturated rings. The fourth-order valence-electron chi connectivity index (χ4n) is 2.30. The lowest BCUT2D eigenvalue weighted by molar-refractivity contribution is 0.0242. The number of aliphatic hydroxyl groups is 1. The van der Waals surface area contributed by atoms with Gasteiger partial charge in [-0.15, -0.1) is 0 Å². The molecular weight excluding hydrogens is 330 g/mol. The van der Waals surface area contributed by atoms with E-state index in [0.717, 1.165) is 36.0 Å². The van der Waals surface area contributed by atoms with Crippen molar-refractivity contribution in [2.45, 2.75) is 38.2 Å². The fourth-order valence-corrected chi connectivity index (χ4v) is 3.05. The van der Waals surface area contributed by atoms with Crippen LogP contribution in [-0.4, -0.2) is 22.8 Å². The molecule has 2 unspecified atom stereocenters. The second-order valence-corrected chi connectivity index (χ2v) is 6.70. The highest BCUT2D eigenvalue weighted by Crippen LogP contribution is 2.36. The second kappa shape index (κ2) is 5.58. The largest absolute Gasteiger partial charge is 0.490 e. The van der Waals surface area contributed by atoms with Gasteiger partial charge in [0, 0.05) is 0 Å². The van der Waals surface area contributed by atoms with E-state index in [9.17, 15) is 5.11 Å². The van der Waals surface area contributed by atoms with Gasteiger partial charge in [0.25, 0.3) is 0 Å². The van der Waals surface area contributed by atoms with E-state index >= 15 is 0 Å². The molecule has 0 aromatic carbocycles. The van der Waals surface area contributed by atoms with Gasteiger partial charge >= 0.3 is 0 Å². The summed E-state index contributed by atoms with van der Waals surface area (Å²) in [4.78, 5) is 4.28. The summed E-state index contributed by atoms with van der Waals surface area (Å²) in [5, 5.41) is 10.1. The topological polar surface area (TPSA) is 42.4 Å². The third kappa shape index (κ3) is 3.23. The molecule has 0 spiro atoms. The smallest absolute Gasteiger partial charge is 0.172 e. The molecule has 0 amide bonds. The Morgan fingerprint density at radius 3 is 2.74 bits per heavy atom. The molecule has 0 radical (unpaired) electrons. The van der Waals surface area contributed by atoms with Crippen molar-refractivity contribution in [3.05, 3.63) is 21.4 Å². The maximum absolute atomic E-state index is 9.68. The summed E-state index contributed by atoms with van der Waals surface area (Å²) in [6, 6.07) is 1.97. The van der Waals surface area contributed by atoms with Crippen molar-refractivity contribution in [1.29, 1.82) is 0 Å². The van der Waals surface area contributed by atoms with E-state index in [4.69, 9.17) is 16.3 Å². The Hall–Kier alpha value is -0.320. The molecule has 5 heteroatoms. The Kier molecular flexibility index (Phi) is 4.01. The number of halogens is 2. The van der Waals surface area contributed by atoms with Crippen LogP contribution in [0.3, 0.4) is 0 Å². The van der Waals surface area contributed by atoms with Crippen molar-refractivity contribution in [2.75, 3.05) is 6.61 Å². The summed E-state index contributed by atoms with van der Waals surface area (Å²) in [6.07, 6.45) is 5.15. The summed E-state index contributed by atoms with van der Waals surface area (Å²) in [5.74, 6) is 1.70. The van der Waals surface area contributed by atoms with Crippen molar-refractivity contribution >= 4 is 27.5 Å². The summed E-state index contributed by atoms with van der Waals surface area (Å²) < 4.78 is 6.50. The van der Waals surface area contributed by atoms with Crippen LogP contribution >= 0.6 is 27.5 Å². The lowest BCUT2D eigenvalue weighted by atomic mass is 9.78. The molecule has 0 aliphatic heterocycles. The maximum atomic E-state index is 9.68. The molecule has 2 aliphatic carbocycles. The van der Waals surface area contributed by atoms with Crippen LogP contribution in [0.2, 0.25) is 5.15 Å². The second-order valence-electron chi connectivity index (χ2n) is 5.59. The first kappa shape index (κ1) is 13.7. The molecule has 1 aromatic heterocycles. The van der Waals surface area contributed by atoms with Gasteiger partial charge in [0.05, 0.1) is 12.7 Å². The lowest BCUT2D eigenvalue weighted by Crippen LogP contribution is -2.32. The van der Waals surface area contributed by atoms with Crippen molar-refractivity contribution in [2.24, 2.45) is 11.8 Å². The Bertz CT molecular complexity index is 479. The summed E-state index contributed by atoms with van der Waals surface area (Å²) >= 11 is 9.55. The first-order chi connectivity index (χ1) is 9.13. The highest BCUT2D eigenvalue weighted by atomic mass is 79.9. The molecule has 3 rings (SSSR count). The van der Waals surface area contributed by atoms with Crippen LogP contribution in [0, 0.1) is 11.8 Å². The molecule has 19 heavy (non-hydrogen) atoms. The number of ether oxygens (including phenoxy) is 1. The molecule has 3 nitrogen and oxygen atoms in total. The van der Waals surface area contributed by atoms with Crippen molar-refractivity contribution in [3.63, 3.8) is 0 Å². The number of hydrogen-bond acceptors (Lipinski definition) is 3. The summed E-state index contributed by atoms with van der Waals surface area (Å²) in [6.45, 7) is 0.731. The minimum atomic E-state index is -0.168.